The number of rotatable bonds is 7. The summed E-state index contributed by atoms with van der Waals surface area (Å²) in [4.78, 5) is 31.2. The fraction of sp³-hybridized carbons (Fsp3) is 0.115. The molecule has 34 heavy (non-hydrogen) atoms. The number of phenols is 1. The molecular formula is C26H22ClN3O4. The largest absolute Gasteiger partial charge is 0.508 e. The lowest BCUT2D eigenvalue weighted by Crippen LogP contribution is -2.28. The summed E-state index contributed by atoms with van der Waals surface area (Å²) in [7, 11) is 0. The Morgan fingerprint density at radius 3 is 2.62 bits per heavy atom. The van der Waals surface area contributed by atoms with Crippen molar-refractivity contribution in [2.24, 2.45) is 0 Å². The number of hydrogen-bond acceptors (Lipinski definition) is 5. The van der Waals surface area contributed by atoms with E-state index in [9.17, 15) is 14.7 Å². The number of hydrogen-bond donors (Lipinski definition) is 3. The lowest BCUT2D eigenvalue weighted by molar-refractivity contribution is -0.123. The number of aryl methyl sites for hydroxylation is 1. The number of aromatic nitrogens is 2. The van der Waals surface area contributed by atoms with E-state index in [1.807, 2.05) is 12.1 Å². The van der Waals surface area contributed by atoms with Crippen LogP contribution in [0.25, 0.3) is 22.5 Å². The maximum atomic E-state index is 12.2. The van der Waals surface area contributed by atoms with Crippen LogP contribution in [0.2, 0.25) is 5.02 Å². The molecule has 0 aliphatic carbocycles. The van der Waals surface area contributed by atoms with Gasteiger partial charge in [0.1, 0.15) is 11.5 Å². The van der Waals surface area contributed by atoms with Gasteiger partial charge in [-0.25, -0.2) is 4.79 Å². The van der Waals surface area contributed by atoms with E-state index in [4.69, 9.17) is 16.3 Å². The number of nitrogens with one attached hydrogen (secondary N) is 2. The van der Waals surface area contributed by atoms with Crippen LogP contribution >= 0.6 is 11.6 Å². The topological polar surface area (TPSA) is 104 Å². The molecule has 0 atom stereocenters. The molecule has 4 aromatic rings. The summed E-state index contributed by atoms with van der Waals surface area (Å²) < 4.78 is 5.64. The predicted octanol–water partition coefficient (Wildman–Crippen LogP) is 4.47. The summed E-state index contributed by atoms with van der Waals surface area (Å²) in [5, 5.41) is 13.2. The number of aromatic amines is 1. The highest BCUT2D eigenvalue weighted by atomic mass is 35.5. The minimum absolute atomic E-state index is 0.155. The van der Waals surface area contributed by atoms with Crippen LogP contribution in [0.1, 0.15) is 11.1 Å². The van der Waals surface area contributed by atoms with Crippen LogP contribution in [0.3, 0.4) is 0 Å². The Balaban J connectivity index is 1.45. The Kier molecular flexibility index (Phi) is 6.94. The number of halogens is 1. The Bertz CT molecular complexity index is 1380. The molecule has 8 heteroatoms. The number of H-pyrrole nitrogens is 1. The molecule has 0 saturated heterocycles. The van der Waals surface area contributed by atoms with E-state index in [1.54, 1.807) is 67.6 Å². The SMILES string of the molecule is Cc1cc(-c2cc(-c3cccc(OCC(=O)NCc4ccc(Cl)cc4)c3)nc(=O)[nH]2)ccc1O. The van der Waals surface area contributed by atoms with Crippen LogP contribution in [0, 0.1) is 6.92 Å². The van der Waals surface area contributed by atoms with Crippen LogP contribution in [0.15, 0.2) is 77.6 Å². The Morgan fingerprint density at radius 1 is 1.06 bits per heavy atom. The van der Waals surface area contributed by atoms with Gasteiger partial charge >= 0.3 is 5.69 Å². The van der Waals surface area contributed by atoms with E-state index in [0.29, 0.717) is 39.8 Å². The van der Waals surface area contributed by atoms with Crippen molar-refractivity contribution < 1.29 is 14.6 Å². The maximum absolute atomic E-state index is 12.2. The van der Waals surface area contributed by atoms with Gasteiger partial charge in [0.05, 0.1) is 11.4 Å². The third-order valence-electron chi connectivity index (χ3n) is 5.16. The van der Waals surface area contributed by atoms with E-state index in [2.05, 4.69) is 15.3 Å². The molecule has 1 aromatic heterocycles. The summed E-state index contributed by atoms with van der Waals surface area (Å²) in [5.74, 6) is 0.394. The third-order valence-corrected chi connectivity index (χ3v) is 5.41. The van der Waals surface area contributed by atoms with Crippen LogP contribution in [0.5, 0.6) is 11.5 Å². The van der Waals surface area contributed by atoms with Crippen molar-refractivity contribution in [1.82, 2.24) is 15.3 Å². The van der Waals surface area contributed by atoms with Gasteiger partial charge in [0.15, 0.2) is 6.61 Å². The number of benzene rings is 3. The van der Waals surface area contributed by atoms with Crippen molar-refractivity contribution in [2.45, 2.75) is 13.5 Å². The smallest absolute Gasteiger partial charge is 0.345 e. The fourth-order valence-corrected chi connectivity index (χ4v) is 3.46. The second-order valence-electron chi connectivity index (χ2n) is 7.71. The molecule has 0 bridgehead atoms. The predicted molar refractivity (Wildman–Crippen MR) is 131 cm³/mol. The number of amides is 1. The second kappa shape index (κ2) is 10.2. The van der Waals surface area contributed by atoms with Crippen molar-refractivity contribution in [3.8, 4) is 34.0 Å². The van der Waals surface area contributed by atoms with Crippen LogP contribution in [-0.2, 0) is 11.3 Å². The Morgan fingerprint density at radius 2 is 1.85 bits per heavy atom. The number of aromatic hydroxyl groups is 1. The van der Waals surface area contributed by atoms with Gasteiger partial charge in [-0.15, -0.1) is 0 Å². The highest BCUT2D eigenvalue weighted by Crippen LogP contribution is 2.27. The summed E-state index contributed by atoms with van der Waals surface area (Å²) in [5.41, 5.74) is 3.59. The first-order valence-corrected chi connectivity index (χ1v) is 10.9. The maximum Gasteiger partial charge on any atom is 0.345 e. The third kappa shape index (κ3) is 5.82. The normalized spacial score (nSPS) is 10.6. The number of nitrogens with zero attached hydrogens (tertiary/aromatic N) is 1. The first-order chi connectivity index (χ1) is 16.4. The summed E-state index contributed by atoms with van der Waals surface area (Å²) >= 11 is 5.87. The number of ether oxygens (including phenoxy) is 1. The zero-order valence-corrected chi connectivity index (χ0v) is 19.1. The van der Waals surface area contributed by atoms with E-state index < -0.39 is 5.69 Å². The first kappa shape index (κ1) is 23.1. The molecule has 1 heterocycles. The number of carbonyl (C=O) groups is 1. The van der Waals surface area contributed by atoms with Crippen LogP contribution in [0.4, 0.5) is 0 Å². The van der Waals surface area contributed by atoms with E-state index in [0.717, 1.165) is 11.1 Å². The van der Waals surface area contributed by atoms with Crippen LogP contribution < -0.4 is 15.7 Å². The molecule has 172 valence electrons. The van der Waals surface area contributed by atoms with E-state index in [-0.39, 0.29) is 18.3 Å². The molecule has 0 fully saturated rings. The molecule has 0 spiro atoms. The van der Waals surface area contributed by atoms with Crippen molar-refractivity contribution in [1.29, 1.82) is 0 Å². The molecule has 0 aliphatic heterocycles. The lowest BCUT2D eigenvalue weighted by Gasteiger charge is -2.10. The lowest BCUT2D eigenvalue weighted by atomic mass is 10.1. The molecule has 7 nitrogen and oxygen atoms in total. The van der Waals surface area contributed by atoms with Gasteiger partial charge in [-0.05, 0) is 72.1 Å². The van der Waals surface area contributed by atoms with Gasteiger partial charge in [0.2, 0.25) is 0 Å². The number of carbonyl (C=O) groups excluding carboxylic acids is 1. The van der Waals surface area contributed by atoms with E-state index in [1.165, 1.54) is 0 Å². The molecule has 1 amide bonds. The van der Waals surface area contributed by atoms with Crippen molar-refractivity contribution in [3.63, 3.8) is 0 Å². The highest BCUT2D eigenvalue weighted by Gasteiger charge is 2.09. The van der Waals surface area contributed by atoms with Gasteiger partial charge in [0, 0.05) is 17.1 Å². The average molecular weight is 476 g/mol. The van der Waals surface area contributed by atoms with Crippen molar-refractivity contribution >= 4 is 17.5 Å². The molecule has 4 rings (SSSR count). The monoisotopic (exact) mass is 475 g/mol. The summed E-state index contributed by atoms with van der Waals surface area (Å²) in [6.07, 6.45) is 0. The number of phenolic OH excluding ortho intramolecular Hbond substituents is 1. The molecule has 3 N–H and O–H groups in total. The van der Waals surface area contributed by atoms with Gasteiger partial charge in [-0.3, -0.25) is 4.79 Å². The van der Waals surface area contributed by atoms with Crippen LogP contribution in [-0.4, -0.2) is 27.6 Å². The van der Waals surface area contributed by atoms with Gasteiger partial charge in [-0.1, -0.05) is 35.9 Å². The molecule has 0 saturated carbocycles. The molecule has 3 aromatic carbocycles. The first-order valence-electron chi connectivity index (χ1n) is 10.5. The zero-order chi connectivity index (χ0) is 24.1. The van der Waals surface area contributed by atoms with Crippen molar-refractivity contribution in [3.05, 3.63) is 99.4 Å². The van der Waals surface area contributed by atoms with Crippen molar-refractivity contribution in [2.75, 3.05) is 6.61 Å². The highest BCUT2D eigenvalue weighted by molar-refractivity contribution is 6.30. The standard InChI is InChI=1S/C26H22ClN3O4/c1-16-11-19(7-10-24(16)31)23-13-22(29-26(33)30-23)18-3-2-4-21(12-18)34-15-25(32)28-14-17-5-8-20(27)9-6-17/h2-13,31H,14-15H2,1H3,(H,28,32)(H,29,30,33). The molecular weight excluding hydrogens is 454 g/mol. The van der Waals surface area contributed by atoms with E-state index >= 15 is 0 Å². The van der Waals surface area contributed by atoms with Gasteiger partial charge in [0.25, 0.3) is 5.91 Å². The minimum atomic E-state index is -0.494. The average Bonchev–Trinajstić information content (AvgIpc) is 2.84. The Hall–Kier alpha value is -4.10. The van der Waals surface area contributed by atoms with Gasteiger partial charge in [-0.2, -0.15) is 4.98 Å². The minimum Gasteiger partial charge on any atom is -0.508 e. The van der Waals surface area contributed by atoms with Gasteiger partial charge < -0.3 is 20.1 Å². The zero-order valence-electron chi connectivity index (χ0n) is 18.3. The second-order valence-corrected chi connectivity index (χ2v) is 8.14. The fourth-order valence-electron chi connectivity index (χ4n) is 3.33. The molecule has 0 radical (unpaired) electrons. The molecule has 0 aliphatic rings. The molecule has 0 unspecified atom stereocenters. The summed E-state index contributed by atoms with van der Waals surface area (Å²) in [6, 6.07) is 21.1. The summed E-state index contributed by atoms with van der Waals surface area (Å²) in [6.45, 7) is 2.00. The quantitative estimate of drug-likeness (QED) is 0.366. The Labute approximate surface area is 201 Å².